The van der Waals surface area contributed by atoms with Gasteiger partial charge in [-0.05, 0) is 43.3 Å². The Bertz CT molecular complexity index is 896. The van der Waals surface area contributed by atoms with Gasteiger partial charge in [-0.1, -0.05) is 29.8 Å². The van der Waals surface area contributed by atoms with E-state index in [4.69, 9.17) is 11.6 Å². The maximum atomic E-state index is 12.5. The first kappa shape index (κ1) is 15.1. The van der Waals surface area contributed by atoms with Gasteiger partial charge < -0.3 is 5.32 Å². The van der Waals surface area contributed by atoms with Crippen LogP contribution in [0.4, 0.5) is 5.69 Å². The van der Waals surface area contributed by atoms with Crippen LogP contribution >= 0.6 is 11.6 Å². The van der Waals surface area contributed by atoms with Gasteiger partial charge in [-0.25, -0.2) is 4.68 Å². The average Bonchev–Trinajstić information content (AvgIpc) is 2.84. The minimum absolute atomic E-state index is 0.0869. The quantitative estimate of drug-likeness (QED) is 0.774. The Hall–Kier alpha value is -2.79. The van der Waals surface area contributed by atoms with Gasteiger partial charge in [0.2, 0.25) is 0 Å². The van der Waals surface area contributed by atoms with Crippen molar-refractivity contribution in [2.45, 2.75) is 6.92 Å². The molecule has 116 valence electrons. The highest BCUT2D eigenvalue weighted by Crippen LogP contribution is 2.13. The number of nitrogens with zero attached hydrogens (tertiary/aromatic N) is 1. The summed E-state index contributed by atoms with van der Waals surface area (Å²) in [5.41, 5.74) is 1.43. The molecule has 0 saturated heterocycles. The lowest BCUT2D eigenvalue weighted by molar-refractivity contribution is 0.102. The summed E-state index contributed by atoms with van der Waals surface area (Å²) < 4.78 is 1.32. The molecule has 5 nitrogen and oxygen atoms in total. The maximum absolute atomic E-state index is 12.5. The number of carbonyl (C=O) groups is 1. The molecule has 0 spiro atoms. The van der Waals surface area contributed by atoms with E-state index in [1.54, 1.807) is 43.3 Å². The van der Waals surface area contributed by atoms with E-state index in [-0.39, 0.29) is 5.56 Å². The highest BCUT2D eigenvalue weighted by Gasteiger charge is 2.19. The van der Waals surface area contributed by atoms with E-state index in [2.05, 4.69) is 10.4 Å². The number of carbonyl (C=O) groups excluding carboxylic acids is 1. The SMILES string of the molecule is Cc1[nH]n(-c2ccc(Cl)cc2)c(=O)c1C(=O)Nc1ccccc1. The number of aryl methyl sites for hydroxylation is 1. The second kappa shape index (κ2) is 6.14. The standard InChI is InChI=1S/C17H14ClN3O2/c1-11-15(16(22)19-13-5-3-2-4-6-13)17(23)21(20-11)14-9-7-12(18)8-10-14/h2-10,20H,1H3,(H,19,22). The van der Waals surface area contributed by atoms with Crippen molar-refractivity contribution in [3.8, 4) is 5.69 Å². The van der Waals surface area contributed by atoms with Crippen LogP contribution < -0.4 is 10.9 Å². The third-order valence-electron chi connectivity index (χ3n) is 3.42. The lowest BCUT2D eigenvalue weighted by Gasteiger charge is -2.03. The molecular formula is C17H14ClN3O2. The zero-order valence-electron chi connectivity index (χ0n) is 12.3. The van der Waals surface area contributed by atoms with Crippen LogP contribution in [-0.4, -0.2) is 15.7 Å². The zero-order chi connectivity index (χ0) is 16.4. The minimum atomic E-state index is -0.442. The normalized spacial score (nSPS) is 10.5. The fourth-order valence-corrected chi connectivity index (χ4v) is 2.43. The number of nitrogens with one attached hydrogen (secondary N) is 2. The molecule has 0 bridgehead atoms. The smallest absolute Gasteiger partial charge is 0.284 e. The molecule has 0 radical (unpaired) electrons. The van der Waals surface area contributed by atoms with Crippen LogP contribution in [0.3, 0.4) is 0 Å². The topological polar surface area (TPSA) is 66.9 Å². The van der Waals surface area contributed by atoms with Gasteiger partial charge in [-0.2, -0.15) is 0 Å². The number of rotatable bonds is 3. The van der Waals surface area contributed by atoms with Gasteiger partial charge in [0.15, 0.2) is 0 Å². The number of anilines is 1. The number of aromatic nitrogens is 2. The zero-order valence-corrected chi connectivity index (χ0v) is 13.1. The number of hydrogen-bond acceptors (Lipinski definition) is 2. The number of halogens is 1. The van der Waals surface area contributed by atoms with E-state index < -0.39 is 11.5 Å². The van der Waals surface area contributed by atoms with Crippen LogP contribution in [0.25, 0.3) is 5.69 Å². The van der Waals surface area contributed by atoms with Crippen LogP contribution in [0.5, 0.6) is 0 Å². The van der Waals surface area contributed by atoms with Crippen LogP contribution in [0.15, 0.2) is 59.4 Å². The fourth-order valence-electron chi connectivity index (χ4n) is 2.30. The second-order valence-electron chi connectivity index (χ2n) is 5.05. The Balaban J connectivity index is 1.96. The first-order valence-electron chi connectivity index (χ1n) is 7.00. The lowest BCUT2D eigenvalue weighted by Crippen LogP contribution is -2.24. The molecule has 0 aliphatic carbocycles. The summed E-state index contributed by atoms with van der Waals surface area (Å²) in [6.45, 7) is 1.69. The number of aromatic amines is 1. The first-order chi connectivity index (χ1) is 11.1. The summed E-state index contributed by atoms with van der Waals surface area (Å²) >= 11 is 5.85. The molecule has 0 saturated carbocycles. The number of H-pyrrole nitrogens is 1. The van der Waals surface area contributed by atoms with E-state index in [1.807, 2.05) is 18.2 Å². The number of benzene rings is 2. The van der Waals surface area contributed by atoms with Gasteiger partial charge in [0, 0.05) is 16.4 Å². The number of hydrogen-bond donors (Lipinski definition) is 2. The van der Waals surface area contributed by atoms with E-state index in [9.17, 15) is 9.59 Å². The Morgan fingerprint density at radius 2 is 1.74 bits per heavy atom. The van der Waals surface area contributed by atoms with Crippen molar-refractivity contribution in [2.75, 3.05) is 5.32 Å². The van der Waals surface area contributed by atoms with Gasteiger partial charge in [0.1, 0.15) is 5.56 Å². The summed E-state index contributed by atoms with van der Waals surface area (Å²) in [7, 11) is 0. The Kier molecular flexibility index (Phi) is 4.04. The van der Waals surface area contributed by atoms with Gasteiger partial charge in [-0.3, -0.25) is 14.7 Å². The largest absolute Gasteiger partial charge is 0.322 e. The van der Waals surface area contributed by atoms with Gasteiger partial charge >= 0.3 is 0 Å². The van der Waals surface area contributed by atoms with Crippen LogP contribution in [0.1, 0.15) is 16.1 Å². The number of para-hydroxylation sites is 1. The van der Waals surface area contributed by atoms with E-state index in [0.29, 0.717) is 22.1 Å². The molecule has 0 unspecified atom stereocenters. The summed E-state index contributed by atoms with van der Waals surface area (Å²) in [6.07, 6.45) is 0. The van der Waals surface area contributed by atoms with Crippen molar-refractivity contribution in [1.82, 2.24) is 9.78 Å². The van der Waals surface area contributed by atoms with Crippen molar-refractivity contribution < 1.29 is 4.79 Å². The minimum Gasteiger partial charge on any atom is -0.322 e. The molecule has 3 aromatic rings. The van der Waals surface area contributed by atoms with Crippen molar-refractivity contribution in [1.29, 1.82) is 0 Å². The summed E-state index contributed by atoms with van der Waals surface area (Å²) in [5.74, 6) is -0.442. The fraction of sp³-hybridized carbons (Fsp3) is 0.0588. The van der Waals surface area contributed by atoms with Crippen molar-refractivity contribution in [2.24, 2.45) is 0 Å². The summed E-state index contributed by atoms with van der Waals surface area (Å²) in [6, 6.07) is 15.8. The molecule has 23 heavy (non-hydrogen) atoms. The molecule has 0 aliphatic rings. The Morgan fingerprint density at radius 3 is 2.39 bits per heavy atom. The molecule has 6 heteroatoms. The molecule has 2 N–H and O–H groups in total. The van der Waals surface area contributed by atoms with Crippen LogP contribution in [0.2, 0.25) is 5.02 Å². The molecule has 1 heterocycles. The number of amides is 1. The highest BCUT2D eigenvalue weighted by atomic mass is 35.5. The second-order valence-corrected chi connectivity index (χ2v) is 5.49. The predicted molar refractivity (Wildman–Crippen MR) is 90.5 cm³/mol. The van der Waals surface area contributed by atoms with Gasteiger partial charge in [0.25, 0.3) is 11.5 Å². The van der Waals surface area contributed by atoms with Gasteiger partial charge in [0.05, 0.1) is 5.69 Å². The van der Waals surface area contributed by atoms with E-state index in [1.165, 1.54) is 4.68 Å². The van der Waals surface area contributed by atoms with E-state index >= 15 is 0 Å². The summed E-state index contributed by atoms with van der Waals surface area (Å²) in [5, 5.41) is 6.21. The van der Waals surface area contributed by atoms with Crippen molar-refractivity contribution in [3.05, 3.63) is 81.2 Å². The Labute approximate surface area is 137 Å². The van der Waals surface area contributed by atoms with Crippen LogP contribution in [-0.2, 0) is 0 Å². The molecule has 0 aliphatic heterocycles. The van der Waals surface area contributed by atoms with E-state index in [0.717, 1.165) is 0 Å². The maximum Gasteiger partial charge on any atom is 0.284 e. The molecule has 1 amide bonds. The van der Waals surface area contributed by atoms with Gasteiger partial charge in [-0.15, -0.1) is 0 Å². The molecular weight excluding hydrogens is 314 g/mol. The Morgan fingerprint density at radius 1 is 1.09 bits per heavy atom. The molecule has 3 rings (SSSR count). The monoisotopic (exact) mass is 327 g/mol. The third kappa shape index (κ3) is 3.05. The first-order valence-corrected chi connectivity index (χ1v) is 7.38. The van der Waals surface area contributed by atoms with Crippen LogP contribution in [0, 0.1) is 6.92 Å². The van der Waals surface area contributed by atoms with Crippen molar-refractivity contribution >= 4 is 23.2 Å². The average molecular weight is 328 g/mol. The molecule has 2 aromatic carbocycles. The predicted octanol–water partition coefficient (Wildman–Crippen LogP) is 3.38. The highest BCUT2D eigenvalue weighted by molar-refractivity contribution is 6.30. The third-order valence-corrected chi connectivity index (χ3v) is 3.67. The molecule has 0 atom stereocenters. The lowest BCUT2D eigenvalue weighted by atomic mass is 10.2. The summed E-state index contributed by atoms with van der Waals surface area (Å²) in [4.78, 5) is 24.9. The molecule has 0 fully saturated rings. The molecule has 1 aromatic heterocycles. The van der Waals surface area contributed by atoms with Crippen molar-refractivity contribution in [3.63, 3.8) is 0 Å².